The lowest BCUT2D eigenvalue weighted by atomic mass is 9.83. The van der Waals surface area contributed by atoms with E-state index < -0.39 is 29.2 Å². The molecular formula is C15H25NO5. The Balaban J connectivity index is 2.16. The standard InChI is InChI=1S/C15H25NO5/c1-14(2,3)21-13(20)16-9-5-4-6-10(16)15(7-8-15)11(17)12(18)19/h10-11,17H,4-9H2,1-3H3,(H,18,19). The van der Waals surface area contributed by atoms with E-state index in [4.69, 9.17) is 9.84 Å². The fraction of sp³-hybridized carbons (Fsp3) is 0.867. The number of carboxylic acid groups (broad SMARTS) is 1. The number of amides is 1. The minimum Gasteiger partial charge on any atom is -0.479 e. The van der Waals surface area contributed by atoms with Crippen LogP contribution in [-0.4, -0.2) is 51.5 Å². The third-order valence-electron chi connectivity index (χ3n) is 4.40. The smallest absolute Gasteiger partial charge is 0.410 e. The third kappa shape index (κ3) is 3.31. The van der Waals surface area contributed by atoms with Crippen molar-refractivity contribution in [1.29, 1.82) is 0 Å². The number of carboxylic acids is 1. The van der Waals surface area contributed by atoms with Crippen molar-refractivity contribution in [2.45, 2.75) is 70.6 Å². The Morgan fingerprint density at radius 2 is 1.90 bits per heavy atom. The maximum absolute atomic E-state index is 12.4. The van der Waals surface area contributed by atoms with Crippen LogP contribution in [-0.2, 0) is 9.53 Å². The van der Waals surface area contributed by atoms with Gasteiger partial charge in [-0.2, -0.15) is 0 Å². The molecule has 120 valence electrons. The first-order valence-corrected chi connectivity index (χ1v) is 7.58. The van der Waals surface area contributed by atoms with Crippen LogP contribution < -0.4 is 0 Å². The number of likely N-dealkylation sites (tertiary alicyclic amines) is 1. The fourth-order valence-corrected chi connectivity index (χ4v) is 3.25. The van der Waals surface area contributed by atoms with Gasteiger partial charge in [-0.1, -0.05) is 0 Å². The van der Waals surface area contributed by atoms with E-state index >= 15 is 0 Å². The molecule has 1 saturated carbocycles. The molecular weight excluding hydrogens is 274 g/mol. The predicted molar refractivity (Wildman–Crippen MR) is 75.9 cm³/mol. The SMILES string of the molecule is CC(C)(C)OC(=O)N1CCCCC1C1(C(O)C(=O)O)CC1. The average Bonchev–Trinajstić information content (AvgIpc) is 3.17. The number of carbonyl (C=O) groups excluding carboxylic acids is 1. The van der Waals surface area contributed by atoms with Crippen LogP contribution in [0.25, 0.3) is 0 Å². The van der Waals surface area contributed by atoms with Gasteiger partial charge in [-0.25, -0.2) is 9.59 Å². The van der Waals surface area contributed by atoms with Crippen LogP contribution in [0.2, 0.25) is 0 Å². The van der Waals surface area contributed by atoms with E-state index in [-0.39, 0.29) is 6.04 Å². The highest BCUT2D eigenvalue weighted by atomic mass is 16.6. The number of hydrogen-bond donors (Lipinski definition) is 2. The van der Waals surface area contributed by atoms with Crippen LogP contribution in [0.3, 0.4) is 0 Å². The van der Waals surface area contributed by atoms with Gasteiger partial charge in [0.15, 0.2) is 6.10 Å². The number of aliphatic hydroxyl groups excluding tert-OH is 1. The molecule has 1 aliphatic heterocycles. The molecule has 1 heterocycles. The second-order valence-corrected chi connectivity index (χ2v) is 7.16. The van der Waals surface area contributed by atoms with Crippen molar-refractivity contribution in [2.24, 2.45) is 5.41 Å². The fourth-order valence-electron chi connectivity index (χ4n) is 3.25. The molecule has 2 rings (SSSR count). The molecule has 0 bridgehead atoms. The molecule has 2 fully saturated rings. The Kier molecular flexibility index (Phi) is 4.19. The first-order chi connectivity index (χ1) is 9.67. The maximum Gasteiger partial charge on any atom is 0.410 e. The Morgan fingerprint density at radius 3 is 2.38 bits per heavy atom. The van der Waals surface area contributed by atoms with Crippen molar-refractivity contribution in [2.75, 3.05) is 6.54 Å². The first kappa shape index (κ1) is 16.1. The molecule has 0 radical (unpaired) electrons. The highest BCUT2D eigenvalue weighted by Gasteiger charge is 2.60. The summed E-state index contributed by atoms with van der Waals surface area (Å²) in [5.74, 6) is -1.21. The van der Waals surface area contributed by atoms with Gasteiger partial charge in [-0.05, 0) is 52.9 Å². The van der Waals surface area contributed by atoms with E-state index in [0.29, 0.717) is 19.4 Å². The third-order valence-corrected chi connectivity index (χ3v) is 4.40. The Bertz CT molecular complexity index is 424. The van der Waals surface area contributed by atoms with Crippen LogP contribution in [0.4, 0.5) is 4.79 Å². The summed E-state index contributed by atoms with van der Waals surface area (Å²) in [7, 11) is 0. The minimum absolute atomic E-state index is 0.243. The number of hydrogen-bond acceptors (Lipinski definition) is 4. The molecule has 0 aromatic carbocycles. The predicted octanol–water partition coefficient (Wildman–Crippen LogP) is 2.00. The second-order valence-electron chi connectivity index (χ2n) is 7.16. The molecule has 6 nitrogen and oxygen atoms in total. The first-order valence-electron chi connectivity index (χ1n) is 7.58. The van der Waals surface area contributed by atoms with Crippen LogP contribution in [0.5, 0.6) is 0 Å². The maximum atomic E-state index is 12.4. The van der Waals surface area contributed by atoms with Gasteiger partial charge in [0.1, 0.15) is 5.60 Å². The molecule has 6 heteroatoms. The van der Waals surface area contributed by atoms with Crippen LogP contribution in [0.15, 0.2) is 0 Å². The summed E-state index contributed by atoms with van der Waals surface area (Å²) in [6.07, 6.45) is 2.02. The summed E-state index contributed by atoms with van der Waals surface area (Å²) in [5.41, 5.74) is -1.27. The Morgan fingerprint density at radius 1 is 1.29 bits per heavy atom. The Labute approximate surface area is 125 Å². The van der Waals surface area contributed by atoms with Crippen molar-refractivity contribution in [1.82, 2.24) is 4.90 Å². The molecule has 2 aliphatic rings. The lowest BCUT2D eigenvalue weighted by molar-refractivity contribution is -0.153. The van der Waals surface area contributed by atoms with E-state index in [2.05, 4.69) is 0 Å². The van der Waals surface area contributed by atoms with Gasteiger partial charge in [0.25, 0.3) is 0 Å². The van der Waals surface area contributed by atoms with Crippen molar-refractivity contribution < 1.29 is 24.5 Å². The van der Waals surface area contributed by atoms with Crippen molar-refractivity contribution in [3.8, 4) is 0 Å². The second kappa shape index (κ2) is 5.48. The van der Waals surface area contributed by atoms with Crippen LogP contribution in [0.1, 0.15) is 52.9 Å². The van der Waals surface area contributed by atoms with Gasteiger partial charge in [-0.3, -0.25) is 0 Å². The quantitative estimate of drug-likeness (QED) is 0.832. The van der Waals surface area contributed by atoms with E-state index in [1.165, 1.54) is 0 Å². The number of nitrogens with zero attached hydrogens (tertiary/aromatic N) is 1. The van der Waals surface area contributed by atoms with Gasteiger partial charge >= 0.3 is 12.1 Å². The summed E-state index contributed by atoms with van der Waals surface area (Å²) in [6, 6.07) is -0.243. The summed E-state index contributed by atoms with van der Waals surface area (Å²) < 4.78 is 5.43. The molecule has 21 heavy (non-hydrogen) atoms. The van der Waals surface area contributed by atoms with Gasteiger partial charge in [0.2, 0.25) is 0 Å². The molecule has 0 aromatic heterocycles. The highest BCUT2D eigenvalue weighted by molar-refractivity contribution is 5.75. The zero-order valence-corrected chi connectivity index (χ0v) is 13.0. The van der Waals surface area contributed by atoms with E-state index in [9.17, 15) is 14.7 Å². The molecule has 0 aromatic rings. The molecule has 1 aliphatic carbocycles. The summed E-state index contributed by atoms with van der Waals surface area (Å²) in [4.78, 5) is 25.1. The van der Waals surface area contributed by atoms with Crippen LogP contribution in [0, 0.1) is 5.41 Å². The molecule has 2 atom stereocenters. The average molecular weight is 299 g/mol. The van der Waals surface area contributed by atoms with Gasteiger partial charge in [0.05, 0.1) is 0 Å². The summed E-state index contributed by atoms with van der Waals surface area (Å²) >= 11 is 0. The number of carbonyl (C=O) groups is 2. The number of rotatable bonds is 3. The highest BCUT2D eigenvalue weighted by Crippen LogP contribution is 2.55. The van der Waals surface area contributed by atoms with E-state index in [1.54, 1.807) is 4.90 Å². The zero-order chi connectivity index (χ0) is 15.8. The molecule has 1 amide bonds. The van der Waals surface area contributed by atoms with Gasteiger partial charge < -0.3 is 19.8 Å². The molecule has 2 N–H and O–H groups in total. The number of piperidine rings is 1. The monoisotopic (exact) mass is 299 g/mol. The lowest BCUT2D eigenvalue weighted by Crippen LogP contribution is -2.54. The molecule has 0 spiro atoms. The number of aliphatic hydroxyl groups is 1. The molecule has 1 saturated heterocycles. The minimum atomic E-state index is -1.41. The van der Waals surface area contributed by atoms with Crippen molar-refractivity contribution in [3.05, 3.63) is 0 Å². The number of aliphatic carboxylic acids is 1. The normalized spacial score (nSPS) is 26.1. The molecule has 2 unspecified atom stereocenters. The lowest BCUT2D eigenvalue weighted by Gasteiger charge is -2.42. The largest absolute Gasteiger partial charge is 0.479 e. The van der Waals surface area contributed by atoms with Gasteiger partial charge in [0, 0.05) is 18.0 Å². The summed E-state index contributed by atoms with van der Waals surface area (Å²) in [5, 5.41) is 19.1. The van der Waals surface area contributed by atoms with Gasteiger partial charge in [-0.15, -0.1) is 0 Å². The van der Waals surface area contributed by atoms with E-state index in [0.717, 1.165) is 19.3 Å². The number of ether oxygens (including phenoxy) is 1. The van der Waals surface area contributed by atoms with Crippen molar-refractivity contribution >= 4 is 12.1 Å². The van der Waals surface area contributed by atoms with E-state index in [1.807, 2.05) is 20.8 Å². The summed E-state index contributed by atoms with van der Waals surface area (Å²) in [6.45, 7) is 5.99. The topological polar surface area (TPSA) is 87.1 Å². The van der Waals surface area contributed by atoms with Crippen molar-refractivity contribution in [3.63, 3.8) is 0 Å². The zero-order valence-electron chi connectivity index (χ0n) is 13.0. The Hall–Kier alpha value is -1.30. The van der Waals surface area contributed by atoms with Crippen LogP contribution >= 0.6 is 0 Å².